The Balaban J connectivity index is 2.62. The summed E-state index contributed by atoms with van der Waals surface area (Å²) in [5, 5.41) is 10.8. The number of hydrogen-bond acceptors (Lipinski definition) is 5. The van der Waals surface area contributed by atoms with Crippen molar-refractivity contribution in [3.8, 4) is 11.3 Å². The predicted molar refractivity (Wildman–Crippen MR) is 57.7 cm³/mol. The van der Waals surface area contributed by atoms with Gasteiger partial charge < -0.3 is 10.2 Å². The van der Waals surface area contributed by atoms with Gasteiger partial charge >= 0.3 is 0 Å². The van der Waals surface area contributed by atoms with E-state index in [2.05, 4.69) is 4.98 Å². The summed E-state index contributed by atoms with van der Waals surface area (Å²) in [6.45, 7) is 1.84. The highest BCUT2D eigenvalue weighted by molar-refractivity contribution is 5.70. The van der Waals surface area contributed by atoms with E-state index in [1.165, 1.54) is 12.3 Å². The molecule has 6 heteroatoms. The Morgan fingerprint density at radius 1 is 1.50 bits per heavy atom. The molecule has 1 heterocycles. The number of nitrogens with two attached hydrogens (primary N) is 1. The summed E-state index contributed by atoms with van der Waals surface area (Å²) >= 11 is 0. The molecule has 0 saturated heterocycles. The average Bonchev–Trinajstić information content (AvgIpc) is 2.64. The third kappa shape index (κ3) is 1.72. The Bertz CT molecular complexity index is 548. The van der Waals surface area contributed by atoms with Crippen LogP contribution in [0.3, 0.4) is 0 Å². The molecule has 0 aliphatic carbocycles. The quantitative estimate of drug-likeness (QED) is 0.616. The highest BCUT2D eigenvalue weighted by Gasteiger charge is 2.18. The molecule has 0 spiro atoms. The molecule has 0 aliphatic rings. The summed E-state index contributed by atoms with van der Waals surface area (Å²) in [4.78, 5) is 14.1. The zero-order valence-corrected chi connectivity index (χ0v) is 8.51. The van der Waals surface area contributed by atoms with Crippen LogP contribution in [-0.4, -0.2) is 9.91 Å². The first-order valence-corrected chi connectivity index (χ1v) is 4.54. The molecule has 0 aliphatic heterocycles. The van der Waals surface area contributed by atoms with Gasteiger partial charge in [0.25, 0.3) is 11.7 Å². The van der Waals surface area contributed by atoms with Crippen molar-refractivity contribution in [3.63, 3.8) is 0 Å². The number of hydrogen-bond donors (Lipinski definition) is 1. The van der Waals surface area contributed by atoms with Gasteiger partial charge in [0.15, 0.2) is 5.76 Å². The molecule has 1 aromatic heterocycles. The zero-order valence-electron chi connectivity index (χ0n) is 8.51. The molecular weight excluding hydrogens is 210 g/mol. The Morgan fingerprint density at radius 2 is 2.25 bits per heavy atom. The summed E-state index contributed by atoms with van der Waals surface area (Å²) in [7, 11) is 0. The molecule has 2 rings (SSSR count). The number of nitro groups is 1. The van der Waals surface area contributed by atoms with Gasteiger partial charge in [0.2, 0.25) is 0 Å². The van der Waals surface area contributed by atoms with Crippen LogP contribution < -0.4 is 5.73 Å². The lowest BCUT2D eigenvalue weighted by Crippen LogP contribution is -1.91. The Hall–Kier alpha value is -2.37. The summed E-state index contributed by atoms with van der Waals surface area (Å²) in [5.41, 5.74) is 6.59. The van der Waals surface area contributed by atoms with E-state index in [4.69, 9.17) is 10.2 Å². The number of nitrogens with zero attached hydrogens (tertiary/aromatic N) is 2. The highest BCUT2D eigenvalue weighted by Crippen LogP contribution is 2.31. The molecule has 0 unspecified atom stereocenters. The van der Waals surface area contributed by atoms with Crippen molar-refractivity contribution in [2.24, 2.45) is 0 Å². The summed E-state index contributed by atoms with van der Waals surface area (Å²) in [6, 6.07) is 4.76. The molecule has 0 atom stereocenters. The first kappa shape index (κ1) is 10.2. The standard InChI is InChI=1S/C10H9N3O3/c1-6-2-3-8(13(14)15)7(4-6)9-5-12-10(11)16-9/h2-5H,1H3,(H2,11,12). The maximum absolute atomic E-state index is 10.8. The number of anilines is 1. The first-order valence-electron chi connectivity index (χ1n) is 4.54. The maximum Gasteiger partial charge on any atom is 0.292 e. The lowest BCUT2D eigenvalue weighted by atomic mass is 10.1. The van der Waals surface area contributed by atoms with Crippen molar-refractivity contribution in [1.29, 1.82) is 0 Å². The number of aromatic nitrogens is 1. The third-order valence-corrected chi connectivity index (χ3v) is 2.14. The lowest BCUT2D eigenvalue weighted by Gasteiger charge is -2.00. The van der Waals surface area contributed by atoms with E-state index in [1.807, 2.05) is 6.92 Å². The van der Waals surface area contributed by atoms with Crippen LogP contribution in [0, 0.1) is 17.0 Å². The van der Waals surface area contributed by atoms with Crippen LogP contribution >= 0.6 is 0 Å². The number of rotatable bonds is 2. The van der Waals surface area contributed by atoms with Gasteiger partial charge in [-0.2, -0.15) is 0 Å². The van der Waals surface area contributed by atoms with Crippen LogP contribution in [0.2, 0.25) is 0 Å². The molecule has 2 N–H and O–H groups in total. The van der Waals surface area contributed by atoms with Crippen molar-refractivity contribution in [1.82, 2.24) is 4.98 Å². The zero-order chi connectivity index (χ0) is 11.7. The average molecular weight is 219 g/mol. The summed E-state index contributed by atoms with van der Waals surface area (Å²) in [5.74, 6) is 0.299. The van der Waals surface area contributed by atoms with Crippen molar-refractivity contribution >= 4 is 11.7 Å². The molecule has 6 nitrogen and oxygen atoms in total. The Labute approximate surface area is 90.9 Å². The minimum Gasteiger partial charge on any atom is -0.423 e. The Morgan fingerprint density at radius 3 is 2.81 bits per heavy atom. The van der Waals surface area contributed by atoms with E-state index >= 15 is 0 Å². The smallest absolute Gasteiger partial charge is 0.292 e. The summed E-state index contributed by atoms with van der Waals surface area (Å²) < 4.78 is 5.08. The van der Waals surface area contributed by atoms with Gasteiger partial charge in [0, 0.05) is 6.07 Å². The fraction of sp³-hybridized carbons (Fsp3) is 0.100. The van der Waals surface area contributed by atoms with Gasteiger partial charge in [-0.25, -0.2) is 4.98 Å². The molecule has 0 amide bonds. The number of nitro benzene ring substituents is 1. The fourth-order valence-electron chi connectivity index (χ4n) is 1.42. The Kier molecular flexibility index (Phi) is 2.32. The number of oxazole rings is 1. The predicted octanol–water partition coefficient (Wildman–Crippen LogP) is 2.14. The van der Waals surface area contributed by atoms with Crippen molar-refractivity contribution in [3.05, 3.63) is 40.1 Å². The SMILES string of the molecule is Cc1ccc([N+](=O)[O-])c(-c2cnc(N)o2)c1. The van der Waals surface area contributed by atoms with Crippen LogP contribution in [-0.2, 0) is 0 Å². The van der Waals surface area contributed by atoms with Gasteiger partial charge in [0.1, 0.15) is 0 Å². The molecule has 1 aromatic carbocycles. The lowest BCUT2D eigenvalue weighted by molar-refractivity contribution is -0.384. The number of benzene rings is 1. The minimum atomic E-state index is -0.465. The first-order chi connectivity index (χ1) is 7.58. The molecule has 0 bridgehead atoms. The number of nitrogen functional groups attached to an aromatic ring is 1. The van der Waals surface area contributed by atoms with Gasteiger partial charge in [-0.15, -0.1) is 0 Å². The van der Waals surface area contributed by atoms with Crippen LogP contribution in [0.4, 0.5) is 11.7 Å². The van der Waals surface area contributed by atoms with Crippen molar-refractivity contribution in [2.45, 2.75) is 6.92 Å². The van der Waals surface area contributed by atoms with Crippen LogP contribution in [0.25, 0.3) is 11.3 Å². The van der Waals surface area contributed by atoms with E-state index in [0.29, 0.717) is 11.3 Å². The molecule has 82 valence electrons. The van der Waals surface area contributed by atoms with E-state index in [0.717, 1.165) is 5.56 Å². The number of aryl methyl sites for hydroxylation is 1. The van der Waals surface area contributed by atoms with Gasteiger partial charge in [-0.05, 0) is 18.6 Å². The van der Waals surface area contributed by atoms with E-state index in [-0.39, 0.29) is 11.7 Å². The topological polar surface area (TPSA) is 95.2 Å². The molecule has 16 heavy (non-hydrogen) atoms. The van der Waals surface area contributed by atoms with Crippen LogP contribution in [0.15, 0.2) is 28.8 Å². The maximum atomic E-state index is 10.8. The van der Waals surface area contributed by atoms with Gasteiger partial charge in [0.05, 0.1) is 16.7 Å². The van der Waals surface area contributed by atoms with Crippen LogP contribution in [0.5, 0.6) is 0 Å². The van der Waals surface area contributed by atoms with Gasteiger partial charge in [-0.1, -0.05) is 6.07 Å². The third-order valence-electron chi connectivity index (χ3n) is 2.14. The van der Waals surface area contributed by atoms with E-state index in [1.54, 1.807) is 12.1 Å². The second-order valence-electron chi connectivity index (χ2n) is 3.34. The van der Waals surface area contributed by atoms with Gasteiger partial charge in [-0.3, -0.25) is 10.1 Å². The summed E-state index contributed by atoms with van der Waals surface area (Å²) in [6.07, 6.45) is 1.37. The van der Waals surface area contributed by atoms with E-state index in [9.17, 15) is 10.1 Å². The largest absolute Gasteiger partial charge is 0.423 e. The highest BCUT2D eigenvalue weighted by atomic mass is 16.6. The molecular formula is C10H9N3O3. The van der Waals surface area contributed by atoms with Crippen LogP contribution in [0.1, 0.15) is 5.56 Å². The molecule has 2 aromatic rings. The second kappa shape index (κ2) is 3.65. The molecule has 0 saturated carbocycles. The van der Waals surface area contributed by atoms with Crippen molar-refractivity contribution in [2.75, 3.05) is 5.73 Å². The molecule has 0 radical (unpaired) electrons. The second-order valence-corrected chi connectivity index (χ2v) is 3.34. The molecule has 0 fully saturated rings. The minimum absolute atomic E-state index is 0.00851. The van der Waals surface area contributed by atoms with Crippen molar-refractivity contribution < 1.29 is 9.34 Å². The fourth-order valence-corrected chi connectivity index (χ4v) is 1.42. The monoisotopic (exact) mass is 219 g/mol. The van der Waals surface area contributed by atoms with E-state index < -0.39 is 4.92 Å². The normalized spacial score (nSPS) is 10.3.